The Hall–Kier alpha value is -1.36. The molecule has 5 heteroatoms. The van der Waals surface area contributed by atoms with E-state index in [1.165, 1.54) is 12.8 Å². The van der Waals surface area contributed by atoms with Crippen LogP contribution in [0.1, 0.15) is 26.7 Å². The van der Waals surface area contributed by atoms with Crippen LogP contribution < -0.4 is 10.6 Å². The molecule has 3 heterocycles. The summed E-state index contributed by atoms with van der Waals surface area (Å²) in [6.07, 6.45) is 2.44. The zero-order valence-corrected chi connectivity index (χ0v) is 11.6. The third-order valence-corrected chi connectivity index (χ3v) is 4.54. The van der Waals surface area contributed by atoms with Crippen molar-refractivity contribution in [3.8, 4) is 0 Å². The number of rotatable bonds is 1. The van der Waals surface area contributed by atoms with E-state index in [1.54, 1.807) is 11.3 Å². The van der Waals surface area contributed by atoms with Crippen molar-refractivity contribution in [3.63, 3.8) is 0 Å². The molecule has 1 aliphatic rings. The van der Waals surface area contributed by atoms with Gasteiger partial charge in [-0.2, -0.15) is 4.98 Å². The predicted molar refractivity (Wildman–Crippen MR) is 77.0 cm³/mol. The number of nitrogens with zero attached hydrogens (tertiary/aromatic N) is 3. The van der Waals surface area contributed by atoms with Gasteiger partial charge in [-0.15, -0.1) is 11.3 Å². The van der Waals surface area contributed by atoms with E-state index in [9.17, 15) is 0 Å². The number of hydrogen-bond acceptors (Lipinski definition) is 5. The molecule has 1 saturated heterocycles. The summed E-state index contributed by atoms with van der Waals surface area (Å²) in [4.78, 5) is 12.1. The molecule has 2 atom stereocenters. The van der Waals surface area contributed by atoms with Crippen molar-refractivity contribution < 1.29 is 0 Å². The van der Waals surface area contributed by atoms with Crippen molar-refractivity contribution in [2.24, 2.45) is 5.92 Å². The maximum Gasteiger partial charge on any atom is 0.223 e. The molecule has 0 radical (unpaired) electrons. The Balaban J connectivity index is 2.05. The number of anilines is 2. The molecule has 3 rings (SSSR count). The van der Waals surface area contributed by atoms with Gasteiger partial charge in [0.2, 0.25) is 5.95 Å². The number of thiophene rings is 1. The zero-order valence-electron chi connectivity index (χ0n) is 10.8. The highest BCUT2D eigenvalue weighted by Gasteiger charge is 2.25. The second-order valence-corrected chi connectivity index (χ2v) is 6.11. The lowest BCUT2D eigenvalue weighted by Crippen LogP contribution is -2.40. The molecule has 2 N–H and O–H groups in total. The molecule has 2 aromatic rings. The molecule has 96 valence electrons. The average Bonchev–Trinajstić information content (AvgIpc) is 2.76. The Morgan fingerprint density at radius 1 is 1.39 bits per heavy atom. The van der Waals surface area contributed by atoms with E-state index in [-0.39, 0.29) is 0 Å². The quantitative estimate of drug-likeness (QED) is 0.858. The van der Waals surface area contributed by atoms with Gasteiger partial charge in [0.1, 0.15) is 10.6 Å². The fourth-order valence-corrected chi connectivity index (χ4v) is 3.56. The van der Waals surface area contributed by atoms with Crippen molar-refractivity contribution >= 4 is 33.3 Å². The highest BCUT2D eigenvalue weighted by atomic mass is 32.1. The Morgan fingerprint density at radius 2 is 2.22 bits per heavy atom. The van der Waals surface area contributed by atoms with Crippen LogP contribution in [0.3, 0.4) is 0 Å². The van der Waals surface area contributed by atoms with Gasteiger partial charge in [0, 0.05) is 12.6 Å². The molecule has 2 unspecified atom stereocenters. The summed E-state index contributed by atoms with van der Waals surface area (Å²) in [5.41, 5.74) is 5.82. The van der Waals surface area contributed by atoms with Gasteiger partial charge in [-0.1, -0.05) is 6.92 Å². The van der Waals surface area contributed by atoms with Crippen molar-refractivity contribution in [2.45, 2.75) is 32.7 Å². The number of fused-ring (bicyclic) bond motifs is 1. The van der Waals surface area contributed by atoms with Crippen LogP contribution in [0, 0.1) is 5.92 Å². The predicted octanol–water partition coefficient (Wildman–Crippen LogP) is 2.90. The largest absolute Gasteiger partial charge is 0.368 e. The van der Waals surface area contributed by atoms with E-state index in [0.29, 0.717) is 12.0 Å². The lowest BCUT2D eigenvalue weighted by molar-refractivity contribution is 0.376. The first-order valence-corrected chi connectivity index (χ1v) is 7.30. The molecule has 18 heavy (non-hydrogen) atoms. The minimum Gasteiger partial charge on any atom is -0.368 e. The summed E-state index contributed by atoms with van der Waals surface area (Å²) in [5, 5.41) is 3.19. The maximum atomic E-state index is 5.82. The van der Waals surface area contributed by atoms with Crippen molar-refractivity contribution in [1.29, 1.82) is 0 Å². The summed E-state index contributed by atoms with van der Waals surface area (Å²) in [6, 6.07) is 2.62. The Morgan fingerprint density at radius 3 is 3.00 bits per heavy atom. The first-order chi connectivity index (χ1) is 8.65. The van der Waals surface area contributed by atoms with Crippen LogP contribution in [-0.2, 0) is 0 Å². The molecule has 0 saturated carbocycles. The minimum absolute atomic E-state index is 0.380. The van der Waals surface area contributed by atoms with Crippen LogP contribution in [0.2, 0.25) is 0 Å². The fourth-order valence-electron chi connectivity index (χ4n) is 2.80. The molecule has 4 nitrogen and oxygen atoms in total. The van der Waals surface area contributed by atoms with Crippen LogP contribution in [0.5, 0.6) is 0 Å². The van der Waals surface area contributed by atoms with Crippen LogP contribution in [0.25, 0.3) is 10.2 Å². The highest BCUT2D eigenvalue weighted by molar-refractivity contribution is 7.16. The SMILES string of the molecule is CC1CCN(c2nc(N)nc3sccc23)C(C)C1. The van der Waals surface area contributed by atoms with E-state index in [0.717, 1.165) is 28.5 Å². The molecule has 0 spiro atoms. The first kappa shape index (κ1) is 11.7. The topological polar surface area (TPSA) is 55.0 Å². The smallest absolute Gasteiger partial charge is 0.223 e. The van der Waals surface area contributed by atoms with Gasteiger partial charge in [-0.05, 0) is 37.1 Å². The second-order valence-electron chi connectivity index (χ2n) is 5.22. The van der Waals surface area contributed by atoms with E-state index >= 15 is 0 Å². The van der Waals surface area contributed by atoms with Gasteiger partial charge in [0.25, 0.3) is 0 Å². The van der Waals surface area contributed by atoms with Gasteiger partial charge in [0.05, 0.1) is 5.39 Å². The molecular weight excluding hydrogens is 244 g/mol. The Labute approximate surface area is 111 Å². The van der Waals surface area contributed by atoms with Gasteiger partial charge in [0.15, 0.2) is 0 Å². The molecule has 0 amide bonds. The van der Waals surface area contributed by atoms with Crippen LogP contribution in [0.4, 0.5) is 11.8 Å². The highest BCUT2D eigenvalue weighted by Crippen LogP contribution is 2.33. The second kappa shape index (κ2) is 4.39. The van der Waals surface area contributed by atoms with E-state index in [2.05, 4.69) is 40.2 Å². The Kier molecular flexibility index (Phi) is 2.86. The fraction of sp³-hybridized carbons (Fsp3) is 0.538. The van der Waals surface area contributed by atoms with Gasteiger partial charge in [-0.25, -0.2) is 4.98 Å². The molecule has 1 fully saturated rings. The van der Waals surface area contributed by atoms with Gasteiger partial charge >= 0.3 is 0 Å². The number of nitrogens with two attached hydrogens (primary N) is 1. The monoisotopic (exact) mass is 262 g/mol. The minimum atomic E-state index is 0.380. The average molecular weight is 262 g/mol. The van der Waals surface area contributed by atoms with E-state index in [4.69, 9.17) is 5.73 Å². The summed E-state index contributed by atoms with van der Waals surface area (Å²) >= 11 is 1.62. The van der Waals surface area contributed by atoms with E-state index in [1.807, 2.05) is 0 Å². The van der Waals surface area contributed by atoms with Crippen molar-refractivity contribution in [2.75, 3.05) is 17.2 Å². The molecule has 1 aliphatic heterocycles. The summed E-state index contributed by atoms with van der Waals surface area (Å²) in [7, 11) is 0. The molecule has 0 aliphatic carbocycles. The number of hydrogen-bond donors (Lipinski definition) is 1. The number of piperidine rings is 1. The van der Waals surface area contributed by atoms with Crippen LogP contribution in [-0.4, -0.2) is 22.6 Å². The van der Waals surface area contributed by atoms with Crippen molar-refractivity contribution in [3.05, 3.63) is 11.4 Å². The third-order valence-electron chi connectivity index (χ3n) is 3.73. The Bertz CT molecular complexity index is 565. The van der Waals surface area contributed by atoms with Gasteiger partial charge < -0.3 is 10.6 Å². The third kappa shape index (κ3) is 1.92. The molecular formula is C13H18N4S. The lowest BCUT2D eigenvalue weighted by Gasteiger charge is -2.37. The first-order valence-electron chi connectivity index (χ1n) is 6.42. The molecule has 2 aromatic heterocycles. The van der Waals surface area contributed by atoms with E-state index < -0.39 is 0 Å². The molecule has 0 aromatic carbocycles. The van der Waals surface area contributed by atoms with Crippen LogP contribution >= 0.6 is 11.3 Å². The summed E-state index contributed by atoms with van der Waals surface area (Å²) < 4.78 is 0. The van der Waals surface area contributed by atoms with Crippen LogP contribution in [0.15, 0.2) is 11.4 Å². The maximum absolute atomic E-state index is 5.82. The van der Waals surface area contributed by atoms with Crippen molar-refractivity contribution in [1.82, 2.24) is 9.97 Å². The lowest BCUT2D eigenvalue weighted by atomic mass is 9.93. The molecule has 0 bridgehead atoms. The normalized spacial score (nSPS) is 24.7. The standard InChI is InChI=1S/C13H18N4S/c1-8-3-5-17(9(2)7-8)11-10-4-6-18-12(10)16-13(14)15-11/h4,6,8-9H,3,5,7H2,1-2H3,(H2,14,15,16). The zero-order chi connectivity index (χ0) is 12.7. The number of aromatic nitrogens is 2. The summed E-state index contributed by atoms with van der Waals surface area (Å²) in [6.45, 7) is 5.65. The van der Waals surface area contributed by atoms with Gasteiger partial charge in [-0.3, -0.25) is 0 Å². The summed E-state index contributed by atoms with van der Waals surface area (Å²) in [5.74, 6) is 2.19. The number of nitrogen functional groups attached to an aromatic ring is 1.